The Balaban J connectivity index is 1.65. The summed E-state index contributed by atoms with van der Waals surface area (Å²) in [6, 6.07) is 0. The van der Waals surface area contributed by atoms with Gasteiger partial charge in [0.15, 0.2) is 22.8 Å². The van der Waals surface area contributed by atoms with E-state index in [4.69, 9.17) is 4.74 Å². The fraction of sp³-hybridized carbons (Fsp3) is 0.632. The van der Waals surface area contributed by atoms with Crippen LogP contribution in [0.4, 0.5) is 8.78 Å². The lowest BCUT2D eigenvalue weighted by Crippen LogP contribution is -2.66. The van der Waals surface area contributed by atoms with Crippen LogP contribution in [0.15, 0.2) is 23.8 Å². The molecule has 0 unspecified atom stereocenters. The number of alkyl halides is 2. The molecule has 7 heteroatoms. The Morgan fingerprint density at radius 1 is 1.35 bits per heavy atom. The summed E-state index contributed by atoms with van der Waals surface area (Å²) >= 11 is 0. The van der Waals surface area contributed by atoms with E-state index in [0.717, 1.165) is 6.08 Å². The first-order valence-electron chi connectivity index (χ1n) is 8.87. The fourth-order valence-corrected chi connectivity index (χ4v) is 6.33. The molecule has 1 heterocycles. The van der Waals surface area contributed by atoms with Crippen LogP contribution < -0.4 is 0 Å². The van der Waals surface area contributed by atoms with Crippen LogP contribution in [0.5, 0.6) is 0 Å². The highest BCUT2D eigenvalue weighted by Gasteiger charge is 2.87. The minimum Gasteiger partial charge on any atom is -0.479 e. The van der Waals surface area contributed by atoms with Gasteiger partial charge >= 0.3 is 5.97 Å². The number of aliphatic carboxylic acids is 1. The highest BCUT2D eigenvalue weighted by atomic mass is 19.1. The molecule has 1 saturated heterocycles. The normalized spacial score (nSPS) is 54.0. The van der Waals surface area contributed by atoms with E-state index in [-0.39, 0.29) is 24.8 Å². The van der Waals surface area contributed by atoms with Gasteiger partial charge in [0, 0.05) is 12.3 Å². The number of carboxylic acids is 1. The van der Waals surface area contributed by atoms with Crippen molar-refractivity contribution >= 4 is 17.5 Å². The van der Waals surface area contributed by atoms with E-state index in [1.165, 1.54) is 19.1 Å². The van der Waals surface area contributed by atoms with Crippen LogP contribution in [0.1, 0.15) is 32.6 Å². The van der Waals surface area contributed by atoms with Crippen molar-refractivity contribution in [2.24, 2.45) is 17.3 Å². The van der Waals surface area contributed by atoms with Crippen molar-refractivity contribution in [2.45, 2.75) is 55.6 Å². The molecule has 0 aromatic rings. The minimum atomic E-state index is -2.37. The second kappa shape index (κ2) is 4.32. The standard InChI is InChI=1S/C19H18F2O5/c1-16-4-2-9(22)6-12(16)13(20)7-11-10-3-5-17(15(24)25)18(10,26-17)8-14(23)19(11,16)21/h2,4,6,10-11,13H,3,5,7-8H2,1H3,(H,24,25)/t10-,11-,13-,16-,17-,18+,19-/m0/s1. The van der Waals surface area contributed by atoms with Gasteiger partial charge in [-0.25, -0.2) is 13.6 Å². The number of hydrogen-bond donors (Lipinski definition) is 1. The van der Waals surface area contributed by atoms with E-state index in [9.17, 15) is 23.9 Å². The molecule has 4 aliphatic carbocycles. The Hall–Kier alpha value is -1.89. The van der Waals surface area contributed by atoms with Gasteiger partial charge in [-0.15, -0.1) is 0 Å². The third kappa shape index (κ3) is 1.43. The zero-order chi connectivity index (χ0) is 18.7. The van der Waals surface area contributed by atoms with Crippen molar-refractivity contribution < 1.29 is 33.0 Å². The Bertz CT molecular complexity index is 849. The zero-order valence-electron chi connectivity index (χ0n) is 14.1. The first kappa shape index (κ1) is 16.3. The molecule has 5 rings (SSSR count). The number of epoxide rings is 1. The molecular formula is C19H18F2O5. The number of ketones is 2. The first-order valence-corrected chi connectivity index (χ1v) is 8.87. The van der Waals surface area contributed by atoms with E-state index >= 15 is 4.39 Å². The molecule has 7 atom stereocenters. The lowest BCUT2D eigenvalue weighted by Gasteiger charge is -2.56. The fourth-order valence-electron chi connectivity index (χ4n) is 6.33. The molecule has 5 aliphatic rings. The van der Waals surface area contributed by atoms with Crippen LogP contribution in [-0.2, 0) is 19.1 Å². The molecule has 0 radical (unpaired) electrons. The predicted molar refractivity (Wildman–Crippen MR) is 83.7 cm³/mol. The predicted octanol–water partition coefficient (Wildman–Crippen LogP) is 2.10. The van der Waals surface area contributed by atoms with Crippen LogP contribution >= 0.6 is 0 Å². The van der Waals surface area contributed by atoms with Gasteiger partial charge in [0.2, 0.25) is 0 Å². The Morgan fingerprint density at radius 3 is 2.73 bits per heavy atom. The van der Waals surface area contributed by atoms with Crippen molar-refractivity contribution in [1.29, 1.82) is 0 Å². The number of allylic oxidation sites excluding steroid dienone is 4. The Kier molecular flexibility index (Phi) is 2.71. The average Bonchev–Trinajstić information content (AvgIpc) is 3.11. The molecule has 1 aliphatic heterocycles. The second-order valence-corrected chi connectivity index (χ2v) is 8.43. The largest absolute Gasteiger partial charge is 0.479 e. The monoisotopic (exact) mass is 364 g/mol. The van der Waals surface area contributed by atoms with Crippen molar-refractivity contribution in [3.05, 3.63) is 23.8 Å². The number of rotatable bonds is 1. The summed E-state index contributed by atoms with van der Waals surface area (Å²) in [4.78, 5) is 36.4. The van der Waals surface area contributed by atoms with E-state index in [2.05, 4.69) is 0 Å². The summed E-state index contributed by atoms with van der Waals surface area (Å²) in [6.07, 6.45) is 2.08. The molecule has 0 bridgehead atoms. The Morgan fingerprint density at radius 2 is 2.08 bits per heavy atom. The van der Waals surface area contributed by atoms with Crippen LogP contribution in [-0.4, -0.2) is 45.7 Å². The molecular weight excluding hydrogens is 346 g/mol. The van der Waals surface area contributed by atoms with Crippen LogP contribution in [0.3, 0.4) is 0 Å². The van der Waals surface area contributed by atoms with Gasteiger partial charge in [0.25, 0.3) is 0 Å². The van der Waals surface area contributed by atoms with Crippen LogP contribution in [0.25, 0.3) is 0 Å². The molecule has 0 aromatic heterocycles. The molecule has 4 fully saturated rings. The van der Waals surface area contributed by atoms with E-state index in [1.807, 2.05) is 0 Å². The number of Topliss-reactive ketones (excluding diaryl/α,β-unsaturated/α-hetero) is 1. The molecule has 0 amide bonds. The van der Waals surface area contributed by atoms with Gasteiger partial charge in [-0.1, -0.05) is 6.08 Å². The summed E-state index contributed by atoms with van der Waals surface area (Å²) in [5.74, 6) is -3.80. The van der Waals surface area contributed by atoms with Crippen LogP contribution in [0, 0.1) is 17.3 Å². The zero-order valence-corrected chi connectivity index (χ0v) is 14.1. The van der Waals surface area contributed by atoms with Gasteiger partial charge in [-0.3, -0.25) is 9.59 Å². The Labute approximate surface area is 148 Å². The smallest absolute Gasteiger partial charge is 0.339 e. The average molecular weight is 364 g/mol. The second-order valence-electron chi connectivity index (χ2n) is 8.43. The maximum absolute atomic E-state index is 16.5. The number of ether oxygens (including phenoxy) is 1. The number of carboxylic acid groups (broad SMARTS) is 1. The van der Waals surface area contributed by atoms with Gasteiger partial charge in [0.05, 0.1) is 5.41 Å². The number of fused-ring (bicyclic) bond motifs is 4. The van der Waals surface area contributed by atoms with Crippen molar-refractivity contribution in [3.63, 3.8) is 0 Å². The quantitative estimate of drug-likeness (QED) is 0.721. The van der Waals surface area contributed by atoms with E-state index in [1.54, 1.807) is 0 Å². The highest BCUT2D eigenvalue weighted by molar-refractivity contribution is 6.03. The molecule has 26 heavy (non-hydrogen) atoms. The molecule has 1 spiro atoms. The minimum absolute atomic E-state index is 0.00672. The maximum atomic E-state index is 16.5. The van der Waals surface area contributed by atoms with Gasteiger partial charge in [-0.2, -0.15) is 0 Å². The molecule has 138 valence electrons. The van der Waals surface area contributed by atoms with Crippen molar-refractivity contribution in [3.8, 4) is 0 Å². The van der Waals surface area contributed by atoms with E-state index < -0.39 is 57.8 Å². The summed E-state index contributed by atoms with van der Waals surface area (Å²) in [5.41, 5.74) is -6.54. The number of carbonyl (C=O) groups is 3. The summed E-state index contributed by atoms with van der Waals surface area (Å²) in [7, 11) is 0. The van der Waals surface area contributed by atoms with Crippen molar-refractivity contribution in [1.82, 2.24) is 0 Å². The van der Waals surface area contributed by atoms with Gasteiger partial charge in [0.1, 0.15) is 11.8 Å². The third-order valence-electron chi connectivity index (χ3n) is 7.61. The molecule has 1 N–H and O–H groups in total. The van der Waals surface area contributed by atoms with Crippen molar-refractivity contribution in [2.75, 3.05) is 0 Å². The topological polar surface area (TPSA) is 84.0 Å². The molecule has 5 nitrogen and oxygen atoms in total. The maximum Gasteiger partial charge on any atom is 0.339 e. The van der Waals surface area contributed by atoms with E-state index in [0.29, 0.717) is 6.42 Å². The van der Waals surface area contributed by atoms with Gasteiger partial charge in [-0.05, 0) is 49.8 Å². The molecule has 3 saturated carbocycles. The van der Waals surface area contributed by atoms with Gasteiger partial charge < -0.3 is 9.84 Å². The third-order valence-corrected chi connectivity index (χ3v) is 7.61. The summed E-state index contributed by atoms with van der Waals surface area (Å²) in [6.45, 7) is 1.46. The number of carbonyl (C=O) groups excluding carboxylic acids is 2. The summed E-state index contributed by atoms with van der Waals surface area (Å²) in [5, 5.41) is 9.55. The van der Waals surface area contributed by atoms with Crippen LogP contribution in [0.2, 0.25) is 0 Å². The molecule has 0 aromatic carbocycles. The lowest BCUT2D eigenvalue weighted by molar-refractivity contribution is -0.163. The first-order chi connectivity index (χ1) is 12.1. The number of halogens is 2. The lowest BCUT2D eigenvalue weighted by atomic mass is 9.48. The number of hydrogen-bond acceptors (Lipinski definition) is 4. The summed E-state index contributed by atoms with van der Waals surface area (Å²) < 4.78 is 37.0. The highest BCUT2D eigenvalue weighted by Crippen LogP contribution is 2.73. The SMILES string of the molecule is C[C@]12C=CC(=O)C=C1[C@@H](F)C[C@H]1[C@@H]3CC[C@@]4(C(=O)O)O[C@]34CC(=O)[C@@]12F.